The van der Waals surface area contributed by atoms with Gasteiger partial charge in [0.2, 0.25) is 0 Å². The molecule has 160 valence electrons. The zero-order valence-electron chi connectivity index (χ0n) is 16.1. The van der Waals surface area contributed by atoms with Gasteiger partial charge in [0.1, 0.15) is 5.65 Å². The molecule has 3 heterocycles. The van der Waals surface area contributed by atoms with Crippen molar-refractivity contribution in [2.75, 3.05) is 11.9 Å². The fourth-order valence-corrected chi connectivity index (χ4v) is 4.26. The number of anilines is 1. The van der Waals surface area contributed by atoms with Crippen molar-refractivity contribution < 1.29 is 19.7 Å². The summed E-state index contributed by atoms with van der Waals surface area (Å²) in [6.07, 6.45) is 5.67. The van der Waals surface area contributed by atoms with E-state index in [1.165, 1.54) is 6.20 Å². The van der Waals surface area contributed by atoms with Gasteiger partial charge in [0.05, 0.1) is 29.5 Å². The molecule has 0 aliphatic heterocycles. The van der Waals surface area contributed by atoms with E-state index in [4.69, 9.17) is 16.7 Å². The lowest BCUT2D eigenvalue weighted by Gasteiger charge is -2.38. The molecule has 0 amide bonds. The fourth-order valence-electron chi connectivity index (χ4n) is 4.11. The quantitative estimate of drug-likeness (QED) is 0.402. The maximum absolute atomic E-state index is 14.4. The Morgan fingerprint density at radius 1 is 1.37 bits per heavy atom. The lowest BCUT2D eigenvalue weighted by Crippen LogP contribution is -2.43. The zero-order chi connectivity index (χ0) is 21.3. The second-order valence-corrected chi connectivity index (χ2v) is 8.28. The summed E-state index contributed by atoms with van der Waals surface area (Å²) in [6, 6.07) is 1.51. The van der Waals surface area contributed by atoms with Gasteiger partial charge >= 0.3 is 0 Å². The van der Waals surface area contributed by atoms with E-state index >= 15 is 0 Å². The number of rotatable bonds is 6. The molecule has 30 heavy (non-hydrogen) atoms. The van der Waals surface area contributed by atoms with Crippen LogP contribution < -0.4 is 5.32 Å². The Morgan fingerprint density at radius 2 is 2.20 bits per heavy atom. The lowest BCUT2D eigenvalue weighted by atomic mass is 9.78. The first-order valence-corrected chi connectivity index (χ1v) is 10.2. The lowest BCUT2D eigenvalue weighted by molar-refractivity contribution is -0.0511. The standard InChI is InChI=1S/C20H23ClFN5O3/c21-11-4-14-15(8-24-17(14)23-7-11)18-25-9-16(22)19(27-18)26-12-2-1-3-20(30,5-12)6-13(29)10-28/h4,7-9,12-13,28-30H,1-3,5-6,10H2,(H,23,24)(H,25,26,27)/t12-,13?,20-/m0/s1. The number of hydrogen-bond donors (Lipinski definition) is 5. The summed E-state index contributed by atoms with van der Waals surface area (Å²) in [7, 11) is 0. The third-order valence-electron chi connectivity index (χ3n) is 5.47. The highest BCUT2D eigenvalue weighted by Gasteiger charge is 2.36. The normalized spacial score (nSPS) is 22.9. The molecule has 1 unspecified atom stereocenters. The number of aromatic amines is 1. The van der Waals surface area contributed by atoms with Gasteiger partial charge in [-0.25, -0.2) is 19.3 Å². The van der Waals surface area contributed by atoms with Crippen molar-refractivity contribution in [3.05, 3.63) is 35.5 Å². The van der Waals surface area contributed by atoms with E-state index in [1.807, 2.05) is 0 Å². The molecule has 8 nitrogen and oxygen atoms in total. The molecule has 1 saturated carbocycles. The van der Waals surface area contributed by atoms with Crippen LogP contribution >= 0.6 is 11.6 Å². The molecule has 1 fully saturated rings. The predicted molar refractivity (Wildman–Crippen MR) is 111 cm³/mol. The average Bonchev–Trinajstić information content (AvgIpc) is 3.12. The Balaban J connectivity index is 1.57. The van der Waals surface area contributed by atoms with Crippen molar-refractivity contribution >= 4 is 28.5 Å². The summed E-state index contributed by atoms with van der Waals surface area (Å²) in [6.45, 7) is -0.409. The number of nitrogens with zero attached hydrogens (tertiary/aromatic N) is 3. The van der Waals surface area contributed by atoms with Crippen LogP contribution in [0.5, 0.6) is 0 Å². The molecule has 3 aromatic heterocycles. The molecule has 0 aromatic carbocycles. The van der Waals surface area contributed by atoms with Crippen LogP contribution in [-0.2, 0) is 0 Å². The number of nitrogens with one attached hydrogen (secondary N) is 2. The number of aliphatic hydroxyl groups is 3. The summed E-state index contributed by atoms with van der Waals surface area (Å²) in [5, 5.41) is 33.8. The highest BCUT2D eigenvalue weighted by atomic mass is 35.5. The topological polar surface area (TPSA) is 127 Å². The minimum absolute atomic E-state index is 0.0429. The molecule has 5 N–H and O–H groups in total. The fraction of sp³-hybridized carbons (Fsp3) is 0.450. The van der Waals surface area contributed by atoms with Gasteiger partial charge in [-0.3, -0.25) is 0 Å². The third-order valence-corrected chi connectivity index (χ3v) is 5.68. The van der Waals surface area contributed by atoms with E-state index in [0.717, 1.165) is 18.0 Å². The van der Waals surface area contributed by atoms with Crippen LogP contribution in [0.3, 0.4) is 0 Å². The van der Waals surface area contributed by atoms with Crippen molar-refractivity contribution in [3.8, 4) is 11.4 Å². The molecular formula is C20H23ClFN5O3. The van der Waals surface area contributed by atoms with Crippen LogP contribution in [0.2, 0.25) is 5.02 Å². The van der Waals surface area contributed by atoms with Gasteiger partial charge in [-0.05, 0) is 31.7 Å². The van der Waals surface area contributed by atoms with Gasteiger partial charge in [0, 0.05) is 35.8 Å². The van der Waals surface area contributed by atoms with E-state index < -0.39 is 24.1 Å². The van der Waals surface area contributed by atoms with Crippen molar-refractivity contribution in [2.45, 2.75) is 49.9 Å². The number of pyridine rings is 1. The summed E-state index contributed by atoms with van der Waals surface area (Å²) in [4.78, 5) is 15.7. The molecule has 3 atom stereocenters. The predicted octanol–water partition coefficient (Wildman–Crippen LogP) is 2.64. The molecular weight excluding hydrogens is 413 g/mol. The Hall–Kier alpha value is -2.33. The van der Waals surface area contributed by atoms with Crippen molar-refractivity contribution in [1.29, 1.82) is 0 Å². The number of halogens is 2. The Morgan fingerprint density at radius 3 is 3.00 bits per heavy atom. The van der Waals surface area contributed by atoms with Crippen LogP contribution in [0.1, 0.15) is 32.1 Å². The van der Waals surface area contributed by atoms with Gasteiger partial charge in [-0.15, -0.1) is 0 Å². The van der Waals surface area contributed by atoms with Crippen molar-refractivity contribution in [2.24, 2.45) is 0 Å². The van der Waals surface area contributed by atoms with Gasteiger partial charge in [-0.2, -0.15) is 0 Å². The zero-order valence-corrected chi connectivity index (χ0v) is 16.9. The number of aromatic nitrogens is 4. The summed E-state index contributed by atoms with van der Waals surface area (Å²) >= 11 is 6.05. The van der Waals surface area contributed by atoms with Crippen molar-refractivity contribution in [1.82, 2.24) is 19.9 Å². The van der Waals surface area contributed by atoms with Crippen LogP contribution in [0.4, 0.5) is 10.2 Å². The van der Waals surface area contributed by atoms with Gasteiger partial charge in [-0.1, -0.05) is 11.6 Å². The summed E-state index contributed by atoms with van der Waals surface area (Å²) in [5.74, 6) is -0.239. The summed E-state index contributed by atoms with van der Waals surface area (Å²) < 4.78 is 14.4. The van der Waals surface area contributed by atoms with Crippen molar-refractivity contribution in [3.63, 3.8) is 0 Å². The molecule has 0 bridgehead atoms. The van der Waals surface area contributed by atoms with Crippen LogP contribution in [0.25, 0.3) is 22.4 Å². The van der Waals surface area contributed by atoms with Crippen LogP contribution in [0, 0.1) is 5.82 Å². The van der Waals surface area contributed by atoms with Crippen LogP contribution in [0.15, 0.2) is 24.7 Å². The second kappa shape index (κ2) is 8.43. The first-order chi connectivity index (χ1) is 14.4. The van der Waals surface area contributed by atoms with Gasteiger partial charge in [0.25, 0.3) is 0 Å². The maximum Gasteiger partial charge on any atom is 0.183 e. The smallest absolute Gasteiger partial charge is 0.183 e. The average molecular weight is 436 g/mol. The Labute approximate surface area is 177 Å². The van der Waals surface area contributed by atoms with Gasteiger partial charge < -0.3 is 25.6 Å². The van der Waals surface area contributed by atoms with Crippen LogP contribution in [-0.4, -0.2) is 59.6 Å². The highest BCUT2D eigenvalue weighted by Crippen LogP contribution is 2.34. The molecule has 3 aromatic rings. The largest absolute Gasteiger partial charge is 0.394 e. The SMILES string of the molecule is OCC(O)C[C@]1(O)CCC[C@H](Nc2nc(-c3c[nH]c4ncc(Cl)cc34)ncc2F)C1. The minimum atomic E-state index is -1.12. The Bertz CT molecular complexity index is 1050. The molecule has 0 spiro atoms. The number of fused-ring (bicyclic) bond motifs is 1. The third kappa shape index (κ3) is 4.39. The van der Waals surface area contributed by atoms with E-state index in [9.17, 15) is 14.6 Å². The highest BCUT2D eigenvalue weighted by molar-refractivity contribution is 6.31. The molecule has 1 aliphatic rings. The summed E-state index contributed by atoms with van der Waals surface area (Å²) in [5.41, 5.74) is 0.148. The molecule has 0 radical (unpaired) electrons. The Kier molecular flexibility index (Phi) is 5.88. The number of hydrogen-bond acceptors (Lipinski definition) is 7. The number of H-pyrrole nitrogens is 1. The first kappa shape index (κ1) is 20.9. The van der Waals surface area contributed by atoms with E-state index in [-0.39, 0.29) is 18.3 Å². The molecule has 4 rings (SSSR count). The first-order valence-electron chi connectivity index (χ1n) is 9.80. The van der Waals surface area contributed by atoms with E-state index in [0.29, 0.717) is 41.3 Å². The number of aliphatic hydroxyl groups excluding tert-OH is 2. The molecule has 1 aliphatic carbocycles. The maximum atomic E-state index is 14.4. The second-order valence-electron chi connectivity index (χ2n) is 7.84. The van der Waals surface area contributed by atoms with E-state index in [2.05, 4.69) is 25.3 Å². The molecule has 0 saturated heterocycles. The minimum Gasteiger partial charge on any atom is -0.394 e. The van der Waals surface area contributed by atoms with E-state index in [1.54, 1.807) is 12.3 Å². The van der Waals surface area contributed by atoms with Gasteiger partial charge in [0.15, 0.2) is 17.5 Å². The monoisotopic (exact) mass is 435 g/mol. The molecule has 10 heteroatoms.